The summed E-state index contributed by atoms with van der Waals surface area (Å²) in [6, 6.07) is 8.51. The number of benzene rings is 1. The third kappa shape index (κ3) is 4.65. The lowest BCUT2D eigenvalue weighted by atomic mass is 10.1. The quantitative estimate of drug-likeness (QED) is 0.254. The molecule has 1 aromatic carbocycles. The number of rotatable bonds is 7. The predicted molar refractivity (Wildman–Crippen MR) is 97.7 cm³/mol. The van der Waals surface area contributed by atoms with Crippen LogP contribution in [0.25, 0.3) is 11.3 Å². The van der Waals surface area contributed by atoms with Crippen LogP contribution in [-0.4, -0.2) is 32.5 Å². The molecule has 0 fully saturated rings. The molecule has 0 atom stereocenters. The van der Waals surface area contributed by atoms with E-state index in [4.69, 9.17) is 16.4 Å². The van der Waals surface area contributed by atoms with Crippen molar-refractivity contribution in [2.45, 2.75) is 18.5 Å². The number of nitriles is 1. The summed E-state index contributed by atoms with van der Waals surface area (Å²) < 4.78 is 0. The van der Waals surface area contributed by atoms with Gasteiger partial charge < -0.3 is 5.73 Å². The van der Waals surface area contributed by atoms with E-state index in [0.29, 0.717) is 16.4 Å². The summed E-state index contributed by atoms with van der Waals surface area (Å²) in [5.74, 6) is 0.376. The van der Waals surface area contributed by atoms with Crippen molar-refractivity contribution in [1.82, 2.24) is 15.2 Å². The normalized spacial score (nSPS) is 11.0. The molecule has 2 aromatic rings. The molecule has 0 amide bonds. The molecule has 1 aromatic heterocycles. The summed E-state index contributed by atoms with van der Waals surface area (Å²) in [6.45, 7) is 2.03. The summed E-state index contributed by atoms with van der Waals surface area (Å²) in [5.41, 5.74) is 8.28. The number of anilines is 1. The summed E-state index contributed by atoms with van der Waals surface area (Å²) in [4.78, 5) is 15.0. The minimum Gasteiger partial charge on any atom is -0.382 e. The molecule has 0 saturated heterocycles. The van der Waals surface area contributed by atoms with Gasteiger partial charge in [-0.25, -0.2) is 0 Å². The Bertz CT molecular complexity index is 899. The van der Waals surface area contributed by atoms with E-state index >= 15 is 0 Å². The Morgan fingerprint density at radius 1 is 1.48 bits per heavy atom. The van der Waals surface area contributed by atoms with Crippen molar-refractivity contribution in [2.75, 3.05) is 11.2 Å². The molecule has 0 bridgehead atoms. The van der Waals surface area contributed by atoms with Gasteiger partial charge in [-0.15, -0.1) is 10.2 Å². The highest BCUT2D eigenvalue weighted by Gasteiger charge is 2.12. The molecule has 1 heterocycles. The molecule has 0 aliphatic heterocycles. The summed E-state index contributed by atoms with van der Waals surface area (Å²) in [5, 5.41) is 28.4. The minimum absolute atomic E-state index is 0.125. The molecule has 0 aliphatic rings. The SMILES string of the molecule is CCCSc1nnc(-c2ccccc2N/N=C(\C#N)C(=N)N)c(=O)[nH]1. The third-order valence-corrected chi connectivity index (χ3v) is 4.02. The number of thioether (sulfide) groups is 1. The molecule has 0 saturated carbocycles. The van der Waals surface area contributed by atoms with Crippen LogP contribution >= 0.6 is 11.8 Å². The van der Waals surface area contributed by atoms with Gasteiger partial charge in [0.2, 0.25) is 5.71 Å². The number of nitrogens with zero attached hydrogens (tertiary/aromatic N) is 4. The highest BCUT2D eigenvalue weighted by atomic mass is 32.2. The minimum atomic E-state index is -0.456. The van der Waals surface area contributed by atoms with Gasteiger partial charge in [-0.3, -0.25) is 20.6 Å². The van der Waals surface area contributed by atoms with Crippen molar-refractivity contribution >= 4 is 29.0 Å². The molecule has 5 N–H and O–H groups in total. The summed E-state index contributed by atoms with van der Waals surface area (Å²) >= 11 is 1.42. The molecule has 0 unspecified atom stereocenters. The fourth-order valence-corrected chi connectivity index (χ4v) is 2.47. The van der Waals surface area contributed by atoms with Crippen LogP contribution in [0.3, 0.4) is 0 Å². The standard InChI is InChI=1S/C15H16N8OS/c1-2-7-25-15-19-14(24)12(22-23-15)9-5-3-4-6-10(9)20-21-11(8-16)13(17)18/h3-6,20H,2,7H2,1H3,(H3,17,18)(H,19,23,24)/b21-11+. The molecule has 0 spiro atoms. The fourth-order valence-electron chi connectivity index (χ4n) is 1.81. The highest BCUT2D eigenvalue weighted by Crippen LogP contribution is 2.24. The first-order valence-electron chi connectivity index (χ1n) is 7.34. The van der Waals surface area contributed by atoms with Gasteiger partial charge in [0.05, 0.1) is 5.69 Å². The van der Waals surface area contributed by atoms with Crippen LogP contribution in [0.5, 0.6) is 0 Å². The lowest BCUT2D eigenvalue weighted by molar-refractivity contribution is 0.823. The maximum absolute atomic E-state index is 12.3. The Morgan fingerprint density at radius 3 is 2.88 bits per heavy atom. The largest absolute Gasteiger partial charge is 0.382 e. The Labute approximate surface area is 147 Å². The molecule has 9 nitrogen and oxygen atoms in total. The van der Waals surface area contributed by atoms with Crippen molar-refractivity contribution in [3.8, 4) is 17.3 Å². The first kappa shape index (κ1) is 18.2. The molecule has 2 rings (SSSR count). The fraction of sp³-hybridized carbons (Fsp3) is 0.200. The van der Waals surface area contributed by atoms with Gasteiger partial charge in [0.25, 0.3) is 5.56 Å². The van der Waals surface area contributed by atoms with E-state index in [9.17, 15) is 4.79 Å². The van der Waals surface area contributed by atoms with E-state index < -0.39 is 5.84 Å². The topological polar surface area (TPSA) is 157 Å². The van der Waals surface area contributed by atoms with Crippen molar-refractivity contribution in [2.24, 2.45) is 10.8 Å². The van der Waals surface area contributed by atoms with Crippen LogP contribution < -0.4 is 16.7 Å². The van der Waals surface area contributed by atoms with E-state index in [2.05, 4.69) is 25.7 Å². The summed E-state index contributed by atoms with van der Waals surface area (Å²) in [6.07, 6.45) is 0.957. The average Bonchev–Trinajstić information content (AvgIpc) is 2.61. The molecule has 0 aliphatic carbocycles. The molecular weight excluding hydrogens is 340 g/mol. The lowest BCUT2D eigenvalue weighted by Gasteiger charge is -2.08. The number of hydrogen-bond donors (Lipinski definition) is 4. The first-order chi connectivity index (χ1) is 12.1. The van der Waals surface area contributed by atoms with Crippen molar-refractivity contribution in [3.63, 3.8) is 0 Å². The van der Waals surface area contributed by atoms with E-state index in [-0.39, 0.29) is 17.0 Å². The second kappa shape index (κ2) is 8.60. The van der Waals surface area contributed by atoms with E-state index in [1.807, 2.05) is 6.92 Å². The van der Waals surface area contributed by atoms with Crippen LogP contribution in [0, 0.1) is 16.7 Å². The van der Waals surface area contributed by atoms with Gasteiger partial charge in [-0.05, 0) is 12.5 Å². The zero-order valence-electron chi connectivity index (χ0n) is 13.4. The Morgan fingerprint density at radius 2 is 2.24 bits per heavy atom. The van der Waals surface area contributed by atoms with Crippen LogP contribution in [0.15, 0.2) is 39.3 Å². The van der Waals surface area contributed by atoms with Crippen LogP contribution in [-0.2, 0) is 0 Å². The second-order valence-electron chi connectivity index (χ2n) is 4.80. The van der Waals surface area contributed by atoms with Gasteiger partial charge in [0, 0.05) is 11.3 Å². The molecule has 25 heavy (non-hydrogen) atoms. The zero-order valence-corrected chi connectivity index (χ0v) is 14.2. The Balaban J connectivity index is 2.37. The van der Waals surface area contributed by atoms with Crippen molar-refractivity contribution < 1.29 is 0 Å². The molecule has 128 valence electrons. The number of para-hydroxylation sites is 1. The van der Waals surface area contributed by atoms with Crippen LogP contribution in [0.1, 0.15) is 13.3 Å². The van der Waals surface area contributed by atoms with Gasteiger partial charge >= 0.3 is 0 Å². The van der Waals surface area contributed by atoms with E-state index in [1.165, 1.54) is 11.8 Å². The number of nitrogens with two attached hydrogens (primary N) is 1. The maximum Gasteiger partial charge on any atom is 0.278 e. The maximum atomic E-state index is 12.3. The number of aromatic nitrogens is 3. The lowest BCUT2D eigenvalue weighted by Crippen LogP contribution is -2.22. The molecule has 10 heteroatoms. The summed E-state index contributed by atoms with van der Waals surface area (Å²) in [7, 11) is 0. The third-order valence-electron chi connectivity index (χ3n) is 2.95. The highest BCUT2D eigenvalue weighted by molar-refractivity contribution is 7.99. The van der Waals surface area contributed by atoms with Gasteiger partial charge in [-0.1, -0.05) is 36.9 Å². The van der Waals surface area contributed by atoms with Gasteiger partial charge in [0.15, 0.2) is 16.7 Å². The number of hydrogen-bond acceptors (Lipinski definition) is 8. The second-order valence-corrected chi connectivity index (χ2v) is 5.88. The molecular formula is C15H16N8OS. The predicted octanol–water partition coefficient (Wildman–Crippen LogP) is 1.56. The number of amidine groups is 1. The zero-order chi connectivity index (χ0) is 18.2. The number of nitrogens with one attached hydrogen (secondary N) is 3. The number of aromatic amines is 1. The monoisotopic (exact) mass is 356 g/mol. The first-order valence-corrected chi connectivity index (χ1v) is 8.32. The van der Waals surface area contributed by atoms with Gasteiger partial charge in [0.1, 0.15) is 6.07 Å². The van der Waals surface area contributed by atoms with Crippen LogP contribution in [0.4, 0.5) is 5.69 Å². The number of hydrazone groups is 1. The van der Waals surface area contributed by atoms with E-state index in [0.717, 1.165) is 12.2 Å². The van der Waals surface area contributed by atoms with Crippen molar-refractivity contribution in [3.05, 3.63) is 34.6 Å². The smallest absolute Gasteiger partial charge is 0.278 e. The molecule has 0 radical (unpaired) electrons. The van der Waals surface area contributed by atoms with Gasteiger partial charge in [-0.2, -0.15) is 10.4 Å². The Hall–Kier alpha value is -3.19. The van der Waals surface area contributed by atoms with E-state index in [1.54, 1.807) is 30.3 Å². The average molecular weight is 356 g/mol. The van der Waals surface area contributed by atoms with Crippen molar-refractivity contribution in [1.29, 1.82) is 10.7 Å². The van der Waals surface area contributed by atoms with Crippen LogP contribution in [0.2, 0.25) is 0 Å². The number of H-pyrrole nitrogens is 1. The Kier molecular flexibility index (Phi) is 6.25.